The second kappa shape index (κ2) is 2.84. The minimum atomic E-state index is -0.707. The molecule has 0 spiro atoms. The van der Waals surface area contributed by atoms with Crippen molar-refractivity contribution in [2.24, 2.45) is 0 Å². The van der Waals surface area contributed by atoms with E-state index in [1.807, 2.05) is 0 Å². The number of aromatic nitrogens is 1. The monoisotopic (exact) mass is 161 g/mol. The molecule has 0 saturated carbocycles. The summed E-state index contributed by atoms with van der Waals surface area (Å²) in [6.45, 7) is 0. The zero-order valence-corrected chi connectivity index (χ0v) is 6.02. The van der Waals surface area contributed by atoms with Crippen molar-refractivity contribution in [2.75, 3.05) is 7.11 Å². The van der Waals surface area contributed by atoms with Crippen molar-refractivity contribution in [1.29, 1.82) is 0 Å². The summed E-state index contributed by atoms with van der Waals surface area (Å²) >= 11 is 5.34. The van der Waals surface area contributed by atoms with Crippen LogP contribution >= 0.6 is 11.6 Å². The SMILES string of the molecule is COc1ccc(Cl)c(F)n1. The minimum absolute atomic E-state index is 0.000741. The third-order valence-electron chi connectivity index (χ3n) is 0.987. The van der Waals surface area contributed by atoms with Gasteiger partial charge in [0.1, 0.15) is 0 Å². The van der Waals surface area contributed by atoms with Gasteiger partial charge in [0.15, 0.2) is 0 Å². The van der Waals surface area contributed by atoms with Crippen LogP contribution in [0.5, 0.6) is 5.88 Å². The van der Waals surface area contributed by atoms with Gasteiger partial charge in [0, 0.05) is 6.07 Å². The normalized spacial score (nSPS) is 9.50. The molecule has 0 unspecified atom stereocenters. The summed E-state index contributed by atoms with van der Waals surface area (Å²) in [5.74, 6) is -0.483. The van der Waals surface area contributed by atoms with E-state index in [1.165, 1.54) is 19.2 Å². The Morgan fingerprint density at radius 2 is 2.30 bits per heavy atom. The van der Waals surface area contributed by atoms with Gasteiger partial charge in [-0.1, -0.05) is 11.6 Å². The van der Waals surface area contributed by atoms with Crippen LogP contribution in [0.4, 0.5) is 4.39 Å². The van der Waals surface area contributed by atoms with Crippen LogP contribution in [0.25, 0.3) is 0 Å². The van der Waals surface area contributed by atoms with Crippen LogP contribution in [0.3, 0.4) is 0 Å². The third kappa shape index (κ3) is 1.36. The molecule has 0 amide bonds. The Bertz CT molecular complexity index is 241. The second-order valence-corrected chi connectivity index (χ2v) is 2.03. The van der Waals surface area contributed by atoms with E-state index in [0.29, 0.717) is 0 Å². The maximum atomic E-state index is 12.4. The van der Waals surface area contributed by atoms with E-state index in [9.17, 15) is 4.39 Å². The van der Waals surface area contributed by atoms with Crippen molar-refractivity contribution < 1.29 is 9.13 Å². The lowest BCUT2D eigenvalue weighted by molar-refractivity contribution is 0.387. The van der Waals surface area contributed by atoms with E-state index < -0.39 is 5.95 Å². The molecule has 0 atom stereocenters. The van der Waals surface area contributed by atoms with Gasteiger partial charge in [0.25, 0.3) is 0 Å². The molecule has 0 radical (unpaired) electrons. The standard InChI is InChI=1S/C6H5ClFNO/c1-10-5-3-2-4(7)6(8)9-5/h2-3H,1H3. The fourth-order valence-electron chi connectivity index (χ4n) is 0.514. The number of rotatable bonds is 1. The van der Waals surface area contributed by atoms with Gasteiger partial charge in [-0.25, -0.2) is 0 Å². The quantitative estimate of drug-likeness (QED) is 0.587. The highest BCUT2D eigenvalue weighted by Gasteiger charge is 2.00. The largest absolute Gasteiger partial charge is 0.481 e. The lowest BCUT2D eigenvalue weighted by Gasteiger charge is -1.97. The molecular formula is C6H5ClFNO. The fraction of sp³-hybridized carbons (Fsp3) is 0.167. The molecule has 1 aromatic rings. The van der Waals surface area contributed by atoms with E-state index in [2.05, 4.69) is 9.72 Å². The Balaban J connectivity index is 3.04. The molecule has 2 nitrogen and oxygen atoms in total. The maximum absolute atomic E-state index is 12.4. The first-order valence-electron chi connectivity index (χ1n) is 2.60. The lowest BCUT2D eigenvalue weighted by Crippen LogP contribution is -1.89. The lowest BCUT2D eigenvalue weighted by atomic mass is 10.5. The van der Waals surface area contributed by atoms with Crippen LogP contribution in [0.2, 0.25) is 5.02 Å². The van der Waals surface area contributed by atoms with Crippen LogP contribution < -0.4 is 4.74 Å². The van der Waals surface area contributed by atoms with Crippen molar-refractivity contribution in [3.05, 3.63) is 23.1 Å². The predicted octanol–water partition coefficient (Wildman–Crippen LogP) is 1.88. The number of nitrogens with zero attached hydrogens (tertiary/aromatic N) is 1. The number of hydrogen-bond acceptors (Lipinski definition) is 2. The van der Waals surface area contributed by atoms with Gasteiger partial charge < -0.3 is 4.74 Å². The molecule has 0 aromatic carbocycles. The van der Waals surface area contributed by atoms with Crippen LogP contribution in [0.15, 0.2) is 12.1 Å². The van der Waals surface area contributed by atoms with Crippen LogP contribution in [0.1, 0.15) is 0 Å². The molecule has 1 aromatic heterocycles. The number of hydrogen-bond donors (Lipinski definition) is 0. The van der Waals surface area contributed by atoms with Gasteiger partial charge in [-0.15, -0.1) is 0 Å². The Morgan fingerprint density at radius 1 is 1.60 bits per heavy atom. The van der Waals surface area contributed by atoms with E-state index in [0.717, 1.165) is 0 Å². The summed E-state index contributed by atoms with van der Waals surface area (Å²) in [5.41, 5.74) is 0. The first kappa shape index (κ1) is 7.28. The highest BCUT2D eigenvalue weighted by Crippen LogP contribution is 2.15. The highest BCUT2D eigenvalue weighted by atomic mass is 35.5. The average molecular weight is 162 g/mol. The predicted molar refractivity (Wildman–Crippen MR) is 35.8 cm³/mol. The maximum Gasteiger partial charge on any atom is 0.234 e. The number of pyridine rings is 1. The average Bonchev–Trinajstić information content (AvgIpc) is 1.95. The highest BCUT2D eigenvalue weighted by molar-refractivity contribution is 6.30. The van der Waals surface area contributed by atoms with Gasteiger partial charge in [-0.05, 0) is 6.07 Å². The zero-order valence-electron chi connectivity index (χ0n) is 5.27. The van der Waals surface area contributed by atoms with Crippen molar-refractivity contribution >= 4 is 11.6 Å². The Morgan fingerprint density at radius 3 is 2.80 bits per heavy atom. The van der Waals surface area contributed by atoms with Gasteiger partial charge in [-0.2, -0.15) is 9.37 Å². The Kier molecular flexibility index (Phi) is 2.06. The number of halogens is 2. The van der Waals surface area contributed by atoms with Gasteiger partial charge in [0.05, 0.1) is 12.1 Å². The molecule has 54 valence electrons. The smallest absolute Gasteiger partial charge is 0.234 e. The van der Waals surface area contributed by atoms with Crippen molar-refractivity contribution in [1.82, 2.24) is 4.98 Å². The third-order valence-corrected chi connectivity index (χ3v) is 1.27. The minimum Gasteiger partial charge on any atom is -0.481 e. The van der Waals surface area contributed by atoms with Crippen molar-refractivity contribution in [3.8, 4) is 5.88 Å². The van der Waals surface area contributed by atoms with Gasteiger partial charge >= 0.3 is 0 Å². The van der Waals surface area contributed by atoms with Crippen molar-refractivity contribution in [2.45, 2.75) is 0 Å². The molecule has 0 fully saturated rings. The summed E-state index contributed by atoms with van der Waals surface area (Å²) in [5, 5.41) is 0.000741. The molecule has 0 aliphatic carbocycles. The molecule has 0 aliphatic rings. The molecule has 0 saturated heterocycles. The molecule has 0 aliphatic heterocycles. The van der Waals surface area contributed by atoms with Gasteiger partial charge in [0.2, 0.25) is 11.8 Å². The second-order valence-electron chi connectivity index (χ2n) is 1.63. The Labute approximate surface area is 62.6 Å². The molecule has 1 heterocycles. The van der Waals surface area contributed by atoms with E-state index in [-0.39, 0.29) is 10.9 Å². The summed E-state index contributed by atoms with van der Waals surface area (Å²) in [7, 11) is 1.41. The van der Waals surface area contributed by atoms with Crippen LogP contribution in [0, 0.1) is 5.95 Å². The zero-order chi connectivity index (χ0) is 7.56. The van der Waals surface area contributed by atoms with Crippen molar-refractivity contribution in [3.63, 3.8) is 0 Å². The van der Waals surface area contributed by atoms with Gasteiger partial charge in [-0.3, -0.25) is 0 Å². The molecule has 0 bridgehead atoms. The summed E-state index contributed by atoms with van der Waals surface area (Å²) in [6.07, 6.45) is 0. The number of ether oxygens (including phenoxy) is 1. The Hall–Kier alpha value is -0.830. The molecule has 10 heavy (non-hydrogen) atoms. The fourth-order valence-corrected chi connectivity index (χ4v) is 0.620. The number of methoxy groups -OCH3 is 1. The molecule has 1 rings (SSSR count). The molecule has 4 heteroatoms. The molecular weight excluding hydrogens is 157 g/mol. The first-order valence-corrected chi connectivity index (χ1v) is 2.98. The summed E-state index contributed by atoms with van der Waals surface area (Å²) in [4.78, 5) is 3.37. The first-order chi connectivity index (χ1) is 4.74. The van der Waals surface area contributed by atoms with E-state index in [1.54, 1.807) is 0 Å². The topological polar surface area (TPSA) is 22.1 Å². The van der Waals surface area contributed by atoms with Crippen LogP contribution in [-0.4, -0.2) is 12.1 Å². The summed E-state index contributed by atoms with van der Waals surface area (Å²) < 4.78 is 17.1. The summed E-state index contributed by atoms with van der Waals surface area (Å²) in [6, 6.07) is 2.88. The van der Waals surface area contributed by atoms with Crippen LogP contribution in [-0.2, 0) is 0 Å². The molecule has 0 N–H and O–H groups in total. The van der Waals surface area contributed by atoms with E-state index in [4.69, 9.17) is 11.6 Å². The van der Waals surface area contributed by atoms with E-state index >= 15 is 0 Å².